The lowest BCUT2D eigenvalue weighted by Crippen LogP contribution is -2.46. The van der Waals surface area contributed by atoms with Crippen LogP contribution >= 0.6 is 0 Å². The highest BCUT2D eigenvalue weighted by Crippen LogP contribution is 2.16. The number of hydrogen-bond donors (Lipinski definition) is 0. The predicted octanol–water partition coefficient (Wildman–Crippen LogP) is 3.90. The Balaban J connectivity index is 1.64. The Bertz CT molecular complexity index is 798. The first-order valence-corrected chi connectivity index (χ1v) is 11.2. The maximum atomic E-state index is 13.3. The molecular formula is C25H34N2O4. The van der Waals surface area contributed by atoms with E-state index in [1.807, 2.05) is 42.5 Å². The number of aryl methyl sites for hydroxylation is 1. The number of ether oxygens (including phenoxy) is 1. The fourth-order valence-corrected chi connectivity index (χ4v) is 3.89. The van der Waals surface area contributed by atoms with Crippen molar-refractivity contribution < 1.29 is 18.7 Å². The Hall–Kier alpha value is -2.60. The summed E-state index contributed by atoms with van der Waals surface area (Å²) < 4.78 is 11.2. The summed E-state index contributed by atoms with van der Waals surface area (Å²) in [6.07, 6.45) is 4.70. The minimum absolute atomic E-state index is 0.0148. The van der Waals surface area contributed by atoms with Crippen LogP contribution in [0.4, 0.5) is 0 Å². The molecule has 0 radical (unpaired) electrons. The van der Waals surface area contributed by atoms with Gasteiger partial charge < -0.3 is 19.0 Å². The van der Waals surface area contributed by atoms with Gasteiger partial charge >= 0.3 is 0 Å². The van der Waals surface area contributed by atoms with Crippen LogP contribution in [-0.4, -0.2) is 54.0 Å². The SMILES string of the molecule is CC(C)CN(CC(=O)N(Cc1ccco1)C[C@@H]1CCCO1)C(=O)CCc1ccccc1. The fraction of sp³-hybridized carbons (Fsp3) is 0.520. The second kappa shape index (κ2) is 11.7. The van der Waals surface area contributed by atoms with Gasteiger partial charge in [0.05, 0.1) is 25.5 Å². The summed E-state index contributed by atoms with van der Waals surface area (Å²) in [5.74, 6) is 0.962. The topological polar surface area (TPSA) is 63.0 Å². The molecule has 6 nitrogen and oxygen atoms in total. The zero-order valence-electron chi connectivity index (χ0n) is 18.7. The molecule has 1 aliphatic rings. The summed E-state index contributed by atoms with van der Waals surface area (Å²) in [5.41, 5.74) is 1.13. The van der Waals surface area contributed by atoms with Crippen LogP contribution in [-0.2, 0) is 27.3 Å². The first-order chi connectivity index (χ1) is 15.0. The van der Waals surface area contributed by atoms with Crippen molar-refractivity contribution in [1.29, 1.82) is 0 Å². The molecule has 0 spiro atoms. The lowest BCUT2D eigenvalue weighted by atomic mass is 10.1. The highest BCUT2D eigenvalue weighted by Gasteiger charge is 2.26. The molecule has 0 aliphatic carbocycles. The maximum absolute atomic E-state index is 13.3. The largest absolute Gasteiger partial charge is 0.467 e. The van der Waals surface area contributed by atoms with E-state index in [4.69, 9.17) is 9.15 Å². The summed E-state index contributed by atoms with van der Waals surface area (Å²) in [7, 11) is 0. The molecule has 0 unspecified atom stereocenters. The Labute approximate surface area is 185 Å². The third-order valence-corrected chi connectivity index (χ3v) is 5.46. The molecule has 6 heteroatoms. The summed E-state index contributed by atoms with van der Waals surface area (Å²) in [5, 5.41) is 0. The van der Waals surface area contributed by atoms with Gasteiger partial charge in [-0.05, 0) is 42.9 Å². The molecule has 1 aliphatic heterocycles. The van der Waals surface area contributed by atoms with E-state index in [1.165, 1.54) is 0 Å². The standard InChI is InChI=1S/C25H34N2O4/c1-20(2)16-26(24(28)13-12-21-8-4-3-5-9-21)19-25(29)27(17-22-10-6-14-30-22)18-23-11-7-15-31-23/h3-6,8-10,14,20,23H,7,11-13,15-19H2,1-2H3/t23-/m0/s1. The zero-order chi connectivity index (χ0) is 22.1. The average Bonchev–Trinajstić information content (AvgIpc) is 3.46. The molecule has 0 saturated carbocycles. The van der Waals surface area contributed by atoms with Crippen molar-refractivity contribution in [3.05, 3.63) is 60.1 Å². The van der Waals surface area contributed by atoms with Crippen LogP contribution in [0.15, 0.2) is 53.1 Å². The Kier molecular flexibility index (Phi) is 8.71. The summed E-state index contributed by atoms with van der Waals surface area (Å²) in [4.78, 5) is 29.7. The minimum atomic E-state index is -0.0689. The molecule has 0 N–H and O–H groups in total. The highest BCUT2D eigenvalue weighted by molar-refractivity contribution is 5.85. The predicted molar refractivity (Wildman–Crippen MR) is 119 cm³/mol. The fourth-order valence-electron chi connectivity index (χ4n) is 3.89. The number of furan rings is 1. The van der Waals surface area contributed by atoms with Crippen LogP contribution in [0.3, 0.4) is 0 Å². The third kappa shape index (κ3) is 7.55. The van der Waals surface area contributed by atoms with Gasteiger partial charge in [0, 0.05) is 26.1 Å². The van der Waals surface area contributed by atoms with E-state index in [1.54, 1.807) is 16.1 Å². The minimum Gasteiger partial charge on any atom is -0.467 e. The van der Waals surface area contributed by atoms with E-state index in [-0.39, 0.29) is 30.4 Å². The monoisotopic (exact) mass is 426 g/mol. The van der Waals surface area contributed by atoms with Crippen molar-refractivity contribution >= 4 is 11.8 Å². The molecule has 1 aromatic carbocycles. The van der Waals surface area contributed by atoms with Crippen molar-refractivity contribution in [1.82, 2.24) is 9.80 Å². The highest BCUT2D eigenvalue weighted by atomic mass is 16.5. The van der Waals surface area contributed by atoms with Gasteiger partial charge in [0.25, 0.3) is 0 Å². The number of nitrogens with zero attached hydrogens (tertiary/aromatic N) is 2. The van der Waals surface area contributed by atoms with E-state index < -0.39 is 0 Å². The number of carbonyl (C=O) groups is 2. The molecule has 1 fully saturated rings. The molecular weight excluding hydrogens is 392 g/mol. The molecule has 2 amide bonds. The van der Waals surface area contributed by atoms with Gasteiger partial charge in [-0.25, -0.2) is 0 Å². The normalized spacial score (nSPS) is 15.9. The lowest BCUT2D eigenvalue weighted by molar-refractivity contribution is -0.142. The quantitative estimate of drug-likeness (QED) is 0.547. The van der Waals surface area contributed by atoms with E-state index in [9.17, 15) is 9.59 Å². The summed E-state index contributed by atoms with van der Waals surface area (Å²) in [6.45, 7) is 6.43. The van der Waals surface area contributed by atoms with Gasteiger partial charge in [0.2, 0.25) is 11.8 Å². The number of rotatable bonds is 11. The first-order valence-electron chi connectivity index (χ1n) is 11.2. The molecule has 2 heterocycles. The van der Waals surface area contributed by atoms with Gasteiger partial charge in [-0.1, -0.05) is 44.2 Å². The first kappa shape index (κ1) is 23.1. The van der Waals surface area contributed by atoms with Crippen LogP contribution in [0.25, 0.3) is 0 Å². The molecule has 1 saturated heterocycles. The molecule has 2 aromatic rings. The van der Waals surface area contributed by atoms with Crippen LogP contribution in [0.5, 0.6) is 0 Å². The van der Waals surface area contributed by atoms with Crippen molar-refractivity contribution in [2.45, 2.75) is 52.2 Å². The van der Waals surface area contributed by atoms with Crippen molar-refractivity contribution in [3.63, 3.8) is 0 Å². The van der Waals surface area contributed by atoms with Crippen molar-refractivity contribution in [2.75, 3.05) is 26.2 Å². The van der Waals surface area contributed by atoms with Gasteiger partial charge in [0.1, 0.15) is 5.76 Å². The Morgan fingerprint density at radius 3 is 2.52 bits per heavy atom. The number of carbonyl (C=O) groups excluding carboxylic acids is 2. The van der Waals surface area contributed by atoms with Crippen LogP contribution in [0, 0.1) is 5.92 Å². The van der Waals surface area contributed by atoms with Crippen molar-refractivity contribution in [3.8, 4) is 0 Å². The van der Waals surface area contributed by atoms with Crippen molar-refractivity contribution in [2.24, 2.45) is 5.92 Å². The number of amides is 2. The molecule has 1 aromatic heterocycles. The van der Waals surface area contributed by atoms with Gasteiger partial charge in [-0.15, -0.1) is 0 Å². The summed E-state index contributed by atoms with van der Waals surface area (Å²) >= 11 is 0. The molecule has 1 atom stereocenters. The smallest absolute Gasteiger partial charge is 0.242 e. The van der Waals surface area contributed by atoms with Gasteiger partial charge in [-0.3, -0.25) is 9.59 Å². The van der Waals surface area contributed by atoms with E-state index in [2.05, 4.69) is 13.8 Å². The average molecular weight is 427 g/mol. The second-order valence-corrected chi connectivity index (χ2v) is 8.64. The second-order valence-electron chi connectivity index (χ2n) is 8.64. The zero-order valence-corrected chi connectivity index (χ0v) is 18.7. The number of benzene rings is 1. The Morgan fingerprint density at radius 2 is 1.87 bits per heavy atom. The lowest BCUT2D eigenvalue weighted by Gasteiger charge is -2.29. The van der Waals surface area contributed by atoms with Crippen LogP contribution in [0.2, 0.25) is 0 Å². The third-order valence-electron chi connectivity index (χ3n) is 5.46. The van der Waals surface area contributed by atoms with E-state index in [0.717, 1.165) is 30.8 Å². The molecule has 168 valence electrons. The number of hydrogen-bond acceptors (Lipinski definition) is 4. The van der Waals surface area contributed by atoms with Gasteiger partial charge in [0.15, 0.2) is 0 Å². The van der Waals surface area contributed by atoms with E-state index in [0.29, 0.717) is 32.5 Å². The molecule has 3 rings (SSSR count). The molecule has 31 heavy (non-hydrogen) atoms. The van der Waals surface area contributed by atoms with Crippen LogP contribution in [0.1, 0.15) is 44.4 Å². The van der Waals surface area contributed by atoms with Crippen LogP contribution < -0.4 is 0 Å². The Morgan fingerprint density at radius 1 is 1.06 bits per heavy atom. The maximum Gasteiger partial charge on any atom is 0.242 e. The van der Waals surface area contributed by atoms with E-state index >= 15 is 0 Å². The summed E-state index contributed by atoms with van der Waals surface area (Å²) in [6, 6.07) is 13.7. The molecule has 0 bridgehead atoms. The van der Waals surface area contributed by atoms with Gasteiger partial charge in [-0.2, -0.15) is 0 Å².